The number of hydrogen-bond donors (Lipinski definition) is 1. The van der Waals surface area contributed by atoms with Crippen LogP contribution in [-0.4, -0.2) is 26.1 Å². The van der Waals surface area contributed by atoms with E-state index in [-0.39, 0.29) is 12.5 Å². The maximum absolute atomic E-state index is 12.4. The highest BCUT2D eigenvalue weighted by atomic mass is 32.1. The molecule has 4 rings (SSSR count). The summed E-state index contributed by atoms with van der Waals surface area (Å²) in [6.45, 7) is 2.16. The van der Waals surface area contributed by atoms with Crippen molar-refractivity contribution in [1.29, 1.82) is 5.26 Å². The van der Waals surface area contributed by atoms with E-state index in [4.69, 9.17) is 0 Å². The molecular formula is C19H18N6OS. The Bertz CT molecular complexity index is 1020. The minimum Gasteiger partial charge on any atom is -0.315 e. The number of nitrogens with zero attached hydrogens (tertiary/aromatic N) is 5. The summed E-state index contributed by atoms with van der Waals surface area (Å²) in [6.07, 6.45) is 2.95. The molecule has 1 amide bonds. The molecule has 0 bridgehead atoms. The smallest absolute Gasteiger partial charge is 0.248 e. The molecule has 1 atom stereocenters. The fraction of sp³-hybridized carbons (Fsp3) is 0.316. The van der Waals surface area contributed by atoms with Crippen molar-refractivity contribution in [2.75, 3.05) is 5.32 Å². The number of hydrogen-bond acceptors (Lipinski definition) is 6. The van der Waals surface area contributed by atoms with Gasteiger partial charge in [0, 0.05) is 10.4 Å². The average molecular weight is 378 g/mol. The Morgan fingerprint density at radius 1 is 1.41 bits per heavy atom. The van der Waals surface area contributed by atoms with E-state index < -0.39 is 0 Å². The zero-order chi connectivity index (χ0) is 18.8. The maximum Gasteiger partial charge on any atom is 0.248 e. The van der Waals surface area contributed by atoms with Crippen molar-refractivity contribution in [2.24, 2.45) is 5.92 Å². The van der Waals surface area contributed by atoms with Crippen LogP contribution < -0.4 is 5.32 Å². The number of benzene rings is 1. The first-order valence-electron chi connectivity index (χ1n) is 8.81. The molecule has 2 heterocycles. The molecule has 8 heteroatoms. The molecule has 1 aromatic carbocycles. The third-order valence-electron chi connectivity index (χ3n) is 4.65. The van der Waals surface area contributed by atoms with Gasteiger partial charge in [-0.3, -0.25) is 4.79 Å². The summed E-state index contributed by atoms with van der Waals surface area (Å²) >= 11 is 1.51. The Labute approximate surface area is 160 Å². The van der Waals surface area contributed by atoms with E-state index >= 15 is 0 Å². The number of carbonyl (C=O) groups is 1. The summed E-state index contributed by atoms with van der Waals surface area (Å²) in [5.41, 5.74) is 2.55. The molecule has 0 unspecified atom stereocenters. The highest BCUT2D eigenvalue weighted by molar-refractivity contribution is 7.16. The molecule has 0 aliphatic heterocycles. The third kappa shape index (κ3) is 3.59. The lowest BCUT2D eigenvalue weighted by Gasteiger charge is -2.17. The molecule has 0 radical (unpaired) electrons. The zero-order valence-corrected chi connectivity index (χ0v) is 15.7. The molecule has 0 saturated carbocycles. The second kappa shape index (κ2) is 7.29. The topological polar surface area (TPSA) is 96.5 Å². The predicted molar refractivity (Wildman–Crippen MR) is 102 cm³/mol. The molecule has 1 N–H and O–H groups in total. The number of carbonyl (C=O) groups excluding carboxylic acids is 1. The molecule has 0 saturated heterocycles. The largest absolute Gasteiger partial charge is 0.315 e. The number of thiophene rings is 1. The van der Waals surface area contributed by atoms with Crippen molar-refractivity contribution in [3.05, 3.63) is 46.3 Å². The molecule has 136 valence electrons. The maximum atomic E-state index is 12.4. The number of anilines is 1. The molecular weight excluding hydrogens is 360 g/mol. The van der Waals surface area contributed by atoms with Crippen LogP contribution in [0.2, 0.25) is 0 Å². The van der Waals surface area contributed by atoms with Crippen LogP contribution in [0.5, 0.6) is 0 Å². The molecule has 0 fully saturated rings. The Balaban J connectivity index is 1.48. The first-order chi connectivity index (χ1) is 13.1. The Morgan fingerprint density at radius 2 is 2.22 bits per heavy atom. The van der Waals surface area contributed by atoms with Crippen molar-refractivity contribution in [3.8, 4) is 17.5 Å². The summed E-state index contributed by atoms with van der Waals surface area (Å²) in [6, 6.07) is 11.7. The van der Waals surface area contributed by atoms with Crippen molar-refractivity contribution < 1.29 is 4.79 Å². The van der Waals surface area contributed by atoms with Gasteiger partial charge in [-0.15, -0.1) is 21.5 Å². The van der Waals surface area contributed by atoms with Crippen LogP contribution in [0.15, 0.2) is 30.3 Å². The van der Waals surface area contributed by atoms with E-state index in [9.17, 15) is 10.1 Å². The SMILES string of the molecule is C[C@H]1CCc2c(sc(NC(=O)Cn3nnc(-c4ccccc4)n3)c2C#N)C1. The number of rotatable bonds is 4. The lowest BCUT2D eigenvalue weighted by Crippen LogP contribution is -2.20. The van der Waals surface area contributed by atoms with Gasteiger partial charge in [0.2, 0.25) is 11.7 Å². The van der Waals surface area contributed by atoms with Crippen LogP contribution in [0.25, 0.3) is 11.4 Å². The number of amides is 1. The fourth-order valence-electron chi connectivity index (χ4n) is 3.26. The number of aromatic nitrogens is 4. The molecule has 1 aliphatic rings. The van der Waals surface area contributed by atoms with Crippen molar-refractivity contribution in [2.45, 2.75) is 32.7 Å². The van der Waals surface area contributed by atoms with E-state index in [2.05, 4.69) is 33.7 Å². The van der Waals surface area contributed by atoms with Gasteiger partial charge in [-0.25, -0.2) is 0 Å². The van der Waals surface area contributed by atoms with E-state index in [1.807, 2.05) is 30.3 Å². The number of tetrazole rings is 1. The van der Waals surface area contributed by atoms with Gasteiger partial charge in [-0.1, -0.05) is 37.3 Å². The van der Waals surface area contributed by atoms with Gasteiger partial charge in [-0.2, -0.15) is 10.1 Å². The number of fused-ring (bicyclic) bond motifs is 1. The van der Waals surface area contributed by atoms with Crippen molar-refractivity contribution >= 4 is 22.2 Å². The van der Waals surface area contributed by atoms with Gasteiger partial charge in [0.05, 0.1) is 5.56 Å². The van der Waals surface area contributed by atoms with Gasteiger partial charge >= 0.3 is 0 Å². The summed E-state index contributed by atoms with van der Waals surface area (Å²) in [4.78, 5) is 14.9. The molecule has 2 aromatic heterocycles. The van der Waals surface area contributed by atoms with Gasteiger partial charge < -0.3 is 5.32 Å². The third-order valence-corrected chi connectivity index (χ3v) is 5.82. The lowest BCUT2D eigenvalue weighted by molar-refractivity contribution is -0.117. The summed E-state index contributed by atoms with van der Waals surface area (Å²) in [7, 11) is 0. The van der Waals surface area contributed by atoms with Crippen LogP contribution >= 0.6 is 11.3 Å². The minimum absolute atomic E-state index is 0.0519. The standard InChI is InChI=1S/C19H18N6OS/c1-12-7-8-14-15(10-20)19(27-16(14)9-12)21-17(26)11-25-23-18(22-24-25)13-5-3-2-4-6-13/h2-6,12H,7-9,11H2,1H3,(H,21,26)/t12-/m0/s1. The Morgan fingerprint density at radius 3 is 3.00 bits per heavy atom. The summed E-state index contributed by atoms with van der Waals surface area (Å²) < 4.78 is 0. The first-order valence-corrected chi connectivity index (χ1v) is 9.63. The van der Waals surface area contributed by atoms with E-state index in [1.54, 1.807) is 0 Å². The van der Waals surface area contributed by atoms with Gasteiger partial charge in [0.1, 0.15) is 17.6 Å². The number of nitriles is 1. The highest BCUT2D eigenvalue weighted by Gasteiger charge is 2.24. The van der Waals surface area contributed by atoms with Crippen LogP contribution in [0, 0.1) is 17.2 Å². The Kier molecular flexibility index (Phi) is 4.69. The second-order valence-corrected chi connectivity index (χ2v) is 7.83. The minimum atomic E-state index is -0.268. The molecule has 1 aliphatic carbocycles. The van der Waals surface area contributed by atoms with Crippen LogP contribution in [-0.2, 0) is 24.2 Å². The van der Waals surface area contributed by atoms with E-state index in [0.717, 1.165) is 30.4 Å². The molecule has 7 nitrogen and oxygen atoms in total. The van der Waals surface area contributed by atoms with E-state index in [1.165, 1.54) is 21.0 Å². The molecule has 27 heavy (non-hydrogen) atoms. The van der Waals surface area contributed by atoms with Crippen LogP contribution in [0.4, 0.5) is 5.00 Å². The monoisotopic (exact) mass is 378 g/mol. The van der Waals surface area contributed by atoms with Crippen LogP contribution in [0.1, 0.15) is 29.3 Å². The fourth-order valence-corrected chi connectivity index (χ4v) is 4.64. The normalized spacial score (nSPS) is 15.8. The van der Waals surface area contributed by atoms with Crippen molar-refractivity contribution in [3.63, 3.8) is 0 Å². The molecule has 0 spiro atoms. The molecule has 3 aromatic rings. The quantitative estimate of drug-likeness (QED) is 0.753. The van der Waals surface area contributed by atoms with Gasteiger partial charge in [0.25, 0.3) is 0 Å². The van der Waals surface area contributed by atoms with Gasteiger partial charge in [0.15, 0.2) is 0 Å². The van der Waals surface area contributed by atoms with Crippen molar-refractivity contribution in [1.82, 2.24) is 20.2 Å². The van der Waals surface area contributed by atoms with Gasteiger partial charge in [-0.05, 0) is 36.0 Å². The zero-order valence-electron chi connectivity index (χ0n) is 14.8. The highest BCUT2D eigenvalue weighted by Crippen LogP contribution is 2.39. The predicted octanol–water partition coefficient (Wildman–Crippen LogP) is 3.04. The number of nitrogens with one attached hydrogen (secondary N) is 1. The van der Waals surface area contributed by atoms with Crippen LogP contribution in [0.3, 0.4) is 0 Å². The first kappa shape index (κ1) is 17.4. The Hall–Kier alpha value is -3.05. The average Bonchev–Trinajstić information content (AvgIpc) is 3.26. The second-order valence-electron chi connectivity index (χ2n) is 6.73. The summed E-state index contributed by atoms with van der Waals surface area (Å²) in [5, 5.41) is 25.2. The summed E-state index contributed by atoms with van der Waals surface area (Å²) in [5.74, 6) is 0.818. The lowest BCUT2D eigenvalue weighted by atomic mass is 9.89. The van der Waals surface area contributed by atoms with E-state index in [0.29, 0.717) is 22.3 Å².